The number of benzene rings is 2. The van der Waals surface area contributed by atoms with Gasteiger partial charge in [-0.2, -0.15) is 0 Å². The number of hydrogen-bond donors (Lipinski definition) is 2. The van der Waals surface area contributed by atoms with E-state index in [0.29, 0.717) is 12.6 Å². The third-order valence-corrected chi connectivity index (χ3v) is 5.44. The quantitative estimate of drug-likeness (QED) is 0.369. The minimum absolute atomic E-state index is 0. The normalized spacial score (nSPS) is 19.5. The average molecular weight is 462 g/mol. The monoisotopic (exact) mass is 460 g/mol. The lowest BCUT2D eigenvalue weighted by Crippen LogP contribution is -3.28. The van der Waals surface area contributed by atoms with Gasteiger partial charge in [0.15, 0.2) is 0 Å². The van der Waals surface area contributed by atoms with E-state index in [0.717, 1.165) is 56.6 Å². The van der Waals surface area contributed by atoms with Gasteiger partial charge in [-0.1, -0.05) is 36.7 Å². The second-order valence-corrected chi connectivity index (χ2v) is 7.60. The molecule has 0 amide bonds. The van der Waals surface area contributed by atoms with Crippen LogP contribution in [0.1, 0.15) is 13.3 Å². The summed E-state index contributed by atoms with van der Waals surface area (Å²) in [6.45, 7) is 8.93. The van der Waals surface area contributed by atoms with Crippen LogP contribution in [0.25, 0.3) is 0 Å². The van der Waals surface area contributed by atoms with Gasteiger partial charge in [-0.05, 0) is 42.8 Å². The van der Waals surface area contributed by atoms with Gasteiger partial charge in [0, 0.05) is 11.6 Å². The average Bonchev–Trinajstić information content (AvgIpc) is 2.73. The molecule has 29 heavy (non-hydrogen) atoms. The number of para-hydroxylation sites is 1. The van der Waals surface area contributed by atoms with Gasteiger partial charge in [0.2, 0.25) is 0 Å². The summed E-state index contributed by atoms with van der Waals surface area (Å²) in [5.74, 6) is 0.868. The molecule has 1 unspecified atom stereocenters. The minimum Gasteiger partial charge on any atom is -1.00 e. The third kappa shape index (κ3) is 8.33. The molecule has 1 fully saturated rings. The van der Waals surface area contributed by atoms with Crippen LogP contribution in [0.5, 0.6) is 5.75 Å². The molecule has 1 atom stereocenters. The summed E-state index contributed by atoms with van der Waals surface area (Å²) in [6.07, 6.45) is 1.05. The molecule has 1 heterocycles. The van der Waals surface area contributed by atoms with E-state index in [1.165, 1.54) is 5.69 Å². The van der Waals surface area contributed by atoms with Gasteiger partial charge in [-0.25, -0.2) is 0 Å². The Hall–Kier alpha value is -1.01. The summed E-state index contributed by atoms with van der Waals surface area (Å²) in [5, 5.41) is 0.732. The highest BCUT2D eigenvalue weighted by molar-refractivity contribution is 6.30. The van der Waals surface area contributed by atoms with E-state index in [1.807, 2.05) is 24.3 Å². The summed E-state index contributed by atoms with van der Waals surface area (Å²) in [4.78, 5) is 3.16. The highest BCUT2D eigenvalue weighted by Crippen LogP contribution is 2.15. The Morgan fingerprint density at radius 1 is 0.897 bits per heavy atom. The Kier molecular flexibility index (Phi) is 12.6. The van der Waals surface area contributed by atoms with Crippen LogP contribution in [0.3, 0.4) is 0 Å². The molecule has 2 aromatic carbocycles. The molecule has 0 saturated carbocycles. The van der Waals surface area contributed by atoms with Crippen molar-refractivity contribution in [2.24, 2.45) is 0 Å². The van der Waals surface area contributed by atoms with Crippen LogP contribution in [-0.4, -0.2) is 52.0 Å². The molecule has 1 aliphatic heterocycles. The topological polar surface area (TPSA) is 27.3 Å². The van der Waals surface area contributed by atoms with Crippen LogP contribution in [-0.2, 0) is 4.74 Å². The first-order valence-corrected chi connectivity index (χ1v) is 10.3. The lowest BCUT2D eigenvalue weighted by atomic mass is 10.2. The van der Waals surface area contributed by atoms with Crippen molar-refractivity contribution < 1.29 is 44.1 Å². The lowest BCUT2D eigenvalue weighted by molar-refractivity contribution is -1.00. The fourth-order valence-electron chi connectivity index (χ4n) is 3.63. The molecule has 0 radical (unpaired) electrons. The maximum atomic E-state index is 6.05. The molecule has 2 N–H and O–H groups in total. The van der Waals surface area contributed by atoms with Crippen molar-refractivity contribution >= 4 is 17.3 Å². The van der Waals surface area contributed by atoms with Gasteiger partial charge < -0.3 is 39.2 Å². The zero-order valence-electron chi connectivity index (χ0n) is 16.9. The Morgan fingerprint density at radius 2 is 1.55 bits per heavy atom. The summed E-state index contributed by atoms with van der Waals surface area (Å²) >= 11 is 5.96. The first-order valence-electron chi connectivity index (χ1n) is 9.97. The Bertz CT molecular complexity index is 666. The first-order chi connectivity index (χ1) is 13.3. The number of rotatable bonds is 9. The van der Waals surface area contributed by atoms with Gasteiger partial charge in [0.25, 0.3) is 0 Å². The molecular formula is C22H31Cl3N2O2. The molecule has 162 valence electrons. The number of ether oxygens (including phenoxy) is 2. The van der Waals surface area contributed by atoms with Crippen molar-refractivity contribution in [1.29, 1.82) is 0 Å². The molecule has 3 rings (SSSR count). The third-order valence-electron chi connectivity index (χ3n) is 5.19. The zero-order valence-corrected chi connectivity index (χ0v) is 19.1. The SMILES string of the molecule is CCCOCC(COc1ccc(Cl)cc1)[NH+]1CC[NH+](c2ccccc2)CC1.[Cl-].[Cl-]. The largest absolute Gasteiger partial charge is 1.00 e. The maximum Gasteiger partial charge on any atom is 0.146 e. The van der Waals surface area contributed by atoms with Crippen molar-refractivity contribution in [2.45, 2.75) is 19.4 Å². The molecule has 0 aliphatic carbocycles. The molecule has 4 nitrogen and oxygen atoms in total. The van der Waals surface area contributed by atoms with Gasteiger partial charge in [-0.3, -0.25) is 4.90 Å². The molecule has 0 bridgehead atoms. The van der Waals surface area contributed by atoms with E-state index in [9.17, 15) is 0 Å². The molecule has 7 heteroatoms. The van der Waals surface area contributed by atoms with Gasteiger partial charge in [0.05, 0.1) is 0 Å². The van der Waals surface area contributed by atoms with Crippen molar-refractivity contribution in [3.8, 4) is 5.75 Å². The number of nitrogens with one attached hydrogen (secondary N) is 2. The predicted octanol–water partition coefficient (Wildman–Crippen LogP) is -4.36. The molecular weight excluding hydrogens is 431 g/mol. The number of hydrogen-bond acceptors (Lipinski definition) is 2. The summed E-state index contributed by atoms with van der Waals surface area (Å²) in [7, 11) is 0. The highest BCUT2D eigenvalue weighted by atomic mass is 35.5. The van der Waals surface area contributed by atoms with Crippen LogP contribution in [0.2, 0.25) is 5.02 Å². The van der Waals surface area contributed by atoms with E-state index < -0.39 is 0 Å². The second kappa shape index (κ2) is 14.1. The van der Waals surface area contributed by atoms with E-state index in [2.05, 4.69) is 37.3 Å². The van der Waals surface area contributed by atoms with E-state index in [-0.39, 0.29) is 24.8 Å². The van der Waals surface area contributed by atoms with Crippen molar-refractivity contribution in [2.75, 3.05) is 46.0 Å². The molecule has 2 aromatic rings. The Balaban J connectivity index is 0.00000210. The van der Waals surface area contributed by atoms with Gasteiger partial charge >= 0.3 is 0 Å². The maximum absolute atomic E-state index is 6.05. The van der Waals surface area contributed by atoms with Crippen LogP contribution in [0.4, 0.5) is 5.69 Å². The summed E-state index contributed by atoms with van der Waals surface area (Å²) in [6, 6.07) is 18.7. The van der Waals surface area contributed by atoms with E-state index in [4.69, 9.17) is 21.1 Å². The Labute approximate surface area is 191 Å². The summed E-state index contributed by atoms with van der Waals surface area (Å²) in [5.41, 5.74) is 1.40. The van der Waals surface area contributed by atoms with Gasteiger partial charge in [-0.15, -0.1) is 0 Å². The highest BCUT2D eigenvalue weighted by Gasteiger charge is 2.31. The minimum atomic E-state index is 0. The number of quaternary nitrogens is 2. The summed E-state index contributed by atoms with van der Waals surface area (Å²) < 4.78 is 11.9. The number of piperazine rings is 1. The molecule has 0 spiro atoms. The standard InChI is InChI=1S/C22H29ClN2O2.2ClH/c1-2-16-26-17-21(18-27-22-10-8-19(23)9-11-22)25-14-12-24(13-15-25)20-6-4-3-5-7-20;;/h3-11,21H,2,12-18H2,1H3;2*1H. The van der Waals surface area contributed by atoms with Crippen molar-refractivity contribution in [1.82, 2.24) is 0 Å². The van der Waals surface area contributed by atoms with Crippen LogP contribution < -0.4 is 39.4 Å². The van der Waals surface area contributed by atoms with Gasteiger partial charge in [0.1, 0.15) is 56.9 Å². The van der Waals surface area contributed by atoms with Crippen LogP contribution in [0.15, 0.2) is 54.6 Å². The zero-order chi connectivity index (χ0) is 18.9. The lowest BCUT2D eigenvalue weighted by Gasteiger charge is -2.34. The van der Waals surface area contributed by atoms with Crippen LogP contribution in [0, 0.1) is 0 Å². The smallest absolute Gasteiger partial charge is 0.146 e. The fraction of sp³-hybridized carbons (Fsp3) is 0.455. The second-order valence-electron chi connectivity index (χ2n) is 7.16. The van der Waals surface area contributed by atoms with Crippen molar-refractivity contribution in [3.63, 3.8) is 0 Å². The van der Waals surface area contributed by atoms with Crippen LogP contribution >= 0.6 is 11.6 Å². The van der Waals surface area contributed by atoms with Crippen molar-refractivity contribution in [3.05, 3.63) is 59.6 Å². The Morgan fingerprint density at radius 3 is 2.17 bits per heavy atom. The predicted molar refractivity (Wildman–Crippen MR) is 109 cm³/mol. The fourth-order valence-corrected chi connectivity index (χ4v) is 3.75. The molecule has 1 aliphatic rings. The molecule has 1 saturated heterocycles. The molecule has 0 aromatic heterocycles. The van der Waals surface area contributed by atoms with E-state index >= 15 is 0 Å². The first kappa shape index (κ1) is 26.0. The van der Waals surface area contributed by atoms with E-state index in [1.54, 1.807) is 9.80 Å². The number of halogens is 3.